The molecule has 1 aliphatic heterocycles. The van der Waals surface area contributed by atoms with Crippen molar-refractivity contribution in [3.63, 3.8) is 0 Å². The number of hydrogen-bond acceptors (Lipinski definition) is 6. The lowest BCUT2D eigenvalue weighted by atomic mass is 10.2. The third-order valence-corrected chi connectivity index (χ3v) is 4.99. The van der Waals surface area contributed by atoms with E-state index in [0.717, 1.165) is 39.4 Å². The van der Waals surface area contributed by atoms with Crippen LogP contribution >= 0.6 is 0 Å². The largest absolute Gasteiger partial charge is 0.493 e. The van der Waals surface area contributed by atoms with E-state index in [1.54, 1.807) is 7.11 Å². The third kappa shape index (κ3) is 7.01. The minimum Gasteiger partial charge on any atom is -0.493 e. The third-order valence-electron chi connectivity index (χ3n) is 4.99. The number of aliphatic hydroxyl groups excluding tert-OH is 1. The van der Waals surface area contributed by atoms with Gasteiger partial charge in [0.25, 0.3) is 0 Å². The lowest BCUT2D eigenvalue weighted by Gasteiger charge is -2.27. The molecule has 0 radical (unpaired) electrons. The van der Waals surface area contributed by atoms with Crippen molar-refractivity contribution in [3.05, 3.63) is 59.7 Å². The van der Waals surface area contributed by atoms with Gasteiger partial charge < -0.3 is 19.3 Å². The van der Waals surface area contributed by atoms with E-state index in [9.17, 15) is 5.11 Å². The molecule has 158 valence electrons. The van der Waals surface area contributed by atoms with Gasteiger partial charge >= 0.3 is 0 Å². The molecule has 1 aliphatic rings. The second-order valence-corrected chi connectivity index (χ2v) is 7.52. The summed E-state index contributed by atoms with van der Waals surface area (Å²) in [5.74, 6) is 1.35. The Morgan fingerprint density at radius 1 is 1.07 bits per heavy atom. The first-order valence-electron chi connectivity index (χ1n) is 10.1. The van der Waals surface area contributed by atoms with Crippen molar-refractivity contribution in [1.29, 1.82) is 0 Å². The van der Waals surface area contributed by atoms with Gasteiger partial charge in [-0.25, -0.2) is 0 Å². The molecular weight excluding hydrogens is 368 g/mol. The maximum atomic E-state index is 10.4. The molecule has 2 aromatic carbocycles. The first-order valence-corrected chi connectivity index (χ1v) is 10.1. The monoisotopic (exact) mass is 400 g/mol. The predicted octanol–water partition coefficient (Wildman–Crippen LogP) is 2.40. The highest BCUT2D eigenvalue weighted by Gasteiger charge is 2.15. The fourth-order valence-corrected chi connectivity index (χ4v) is 3.51. The maximum Gasteiger partial charge on any atom is 0.161 e. The van der Waals surface area contributed by atoms with E-state index in [4.69, 9.17) is 14.2 Å². The minimum absolute atomic E-state index is 0.219. The first-order chi connectivity index (χ1) is 14.1. The standard InChI is InChI=1S/C23H32N2O4/c1-24(15-19-6-4-3-5-7-19)17-21(26)18-29-23-14-20(8-9-22(23)27-2)16-25-10-12-28-13-11-25/h3-9,14,21,26H,10-13,15-18H2,1-2H3/t21-/m1/s1. The number of ether oxygens (including phenoxy) is 3. The molecule has 6 heteroatoms. The fraction of sp³-hybridized carbons (Fsp3) is 0.478. The van der Waals surface area contributed by atoms with Crippen LogP contribution in [0.1, 0.15) is 11.1 Å². The van der Waals surface area contributed by atoms with Crippen molar-refractivity contribution in [2.45, 2.75) is 19.2 Å². The van der Waals surface area contributed by atoms with Crippen LogP contribution in [0.4, 0.5) is 0 Å². The molecule has 0 spiro atoms. The Morgan fingerprint density at radius 3 is 2.55 bits per heavy atom. The number of benzene rings is 2. The molecule has 3 rings (SSSR count). The smallest absolute Gasteiger partial charge is 0.161 e. The lowest BCUT2D eigenvalue weighted by Crippen LogP contribution is -2.35. The summed E-state index contributed by atoms with van der Waals surface area (Å²) >= 11 is 0. The molecule has 0 amide bonds. The number of likely N-dealkylation sites (N-methyl/N-ethyl adjacent to an activating group) is 1. The molecular formula is C23H32N2O4. The van der Waals surface area contributed by atoms with E-state index in [1.165, 1.54) is 11.1 Å². The number of methoxy groups -OCH3 is 1. The van der Waals surface area contributed by atoms with Crippen LogP contribution in [0.15, 0.2) is 48.5 Å². The van der Waals surface area contributed by atoms with Gasteiger partial charge in [0.2, 0.25) is 0 Å². The summed E-state index contributed by atoms with van der Waals surface area (Å²) in [6, 6.07) is 16.2. The van der Waals surface area contributed by atoms with Gasteiger partial charge in [0.1, 0.15) is 12.7 Å². The molecule has 2 aromatic rings. The van der Waals surface area contributed by atoms with Gasteiger partial charge in [-0.1, -0.05) is 36.4 Å². The average molecular weight is 401 g/mol. The quantitative estimate of drug-likeness (QED) is 0.661. The first kappa shape index (κ1) is 21.6. The molecule has 1 heterocycles. The molecule has 1 N–H and O–H groups in total. The highest BCUT2D eigenvalue weighted by atomic mass is 16.5. The molecule has 0 bridgehead atoms. The summed E-state index contributed by atoms with van der Waals surface area (Å²) in [6.07, 6.45) is -0.587. The van der Waals surface area contributed by atoms with E-state index in [1.807, 2.05) is 37.4 Å². The summed E-state index contributed by atoms with van der Waals surface area (Å²) in [5, 5.41) is 10.4. The average Bonchev–Trinajstić information content (AvgIpc) is 2.74. The normalized spacial score (nSPS) is 16.0. The van der Waals surface area contributed by atoms with Crippen LogP contribution in [0.25, 0.3) is 0 Å². The van der Waals surface area contributed by atoms with Crippen molar-refractivity contribution >= 4 is 0 Å². The lowest BCUT2D eigenvalue weighted by molar-refractivity contribution is 0.0341. The van der Waals surface area contributed by atoms with Gasteiger partial charge in [0, 0.05) is 32.7 Å². The topological polar surface area (TPSA) is 54.4 Å². The molecule has 0 unspecified atom stereocenters. The number of rotatable bonds is 10. The van der Waals surface area contributed by atoms with Crippen molar-refractivity contribution in [1.82, 2.24) is 9.80 Å². The zero-order valence-corrected chi connectivity index (χ0v) is 17.4. The molecule has 1 atom stereocenters. The Balaban J connectivity index is 1.51. The van der Waals surface area contributed by atoms with Gasteiger partial charge in [-0.15, -0.1) is 0 Å². The minimum atomic E-state index is -0.587. The van der Waals surface area contributed by atoms with Crippen LogP contribution in [0.3, 0.4) is 0 Å². The van der Waals surface area contributed by atoms with E-state index in [0.29, 0.717) is 18.0 Å². The number of hydrogen-bond donors (Lipinski definition) is 1. The van der Waals surface area contributed by atoms with E-state index in [-0.39, 0.29) is 6.61 Å². The van der Waals surface area contributed by atoms with Crippen LogP contribution < -0.4 is 9.47 Å². The molecule has 1 saturated heterocycles. The van der Waals surface area contributed by atoms with Crippen LogP contribution in [0.5, 0.6) is 11.5 Å². The Hall–Kier alpha value is -2.12. The predicted molar refractivity (Wildman–Crippen MR) is 113 cm³/mol. The molecule has 29 heavy (non-hydrogen) atoms. The van der Waals surface area contributed by atoms with Crippen LogP contribution in [-0.4, -0.2) is 74.6 Å². The van der Waals surface area contributed by atoms with Gasteiger partial charge in [-0.2, -0.15) is 0 Å². The Kier molecular flexibility index (Phi) is 8.31. The molecule has 6 nitrogen and oxygen atoms in total. The van der Waals surface area contributed by atoms with E-state index >= 15 is 0 Å². The maximum absolute atomic E-state index is 10.4. The van der Waals surface area contributed by atoms with E-state index < -0.39 is 6.10 Å². The molecule has 0 aromatic heterocycles. The van der Waals surface area contributed by atoms with Crippen LogP contribution in [0, 0.1) is 0 Å². The number of nitrogens with zero attached hydrogens (tertiary/aromatic N) is 2. The Bertz CT molecular complexity index is 735. The van der Waals surface area contributed by atoms with Crippen LogP contribution in [0.2, 0.25) is 0 Å². The zero-order valence-electron chi connectivity index (χ0n) is 17.4. The van der Waals surface area contributed by atoms with Crippen molar-refractivity contribution in [2.75, 3.05) is 53.6 Å². The van der Waals surface area contributed by atoms with Gasteiger partial charge in [-0.05, 0) is 30.3 Å². The highest BCUT2D eigenvalue weighted by Crippen LogP contribution is 2.29. The highest BCUT2D eigenvalue weighted by molar-refractivity contribution is 5.43. The SMILES string of the molecule is COc1ccc(CN2CCOCC2)cc1OC[C@H](O)CN(C)Cc1ccccc1. The molecule has 0 saturated carbocycles. The van der Waals surface area contributed by atoms with Gasteiger partial charge in [0.15, 0.2) is 11.5 Å². The Morgan fingerprint density at radius 2 is 1.83 bits per heavy atom. The van der Waals surface area contributed by atoms with Crippen LogP contribution in [-0.2, 0) is 17.8 Å². The summed E-state index contributed by atoms with van der Waals surface area (Å²) in [7, 11) is 3.63. The van der Waals surface area contributed by atoms with Gasteiger partial charge in [-0.3, -0.25) is 9.80 Å². The Labute approximate surface area is 173 Å². The van der Waals surface area contributed by atoms with Gasteiger partial charge in [0.05, 0.1) is 20.3 Å². The van der Waals surface area contributed by atoms with Crippen molar-refractivity contribution < 1.29 is 19.3 Å². The second kappa shape index (κ2) is 11.2. The second-order valence-electron chi connectivity index (χ2n) is 7.52. The summed E-state index contributed by atoms with van der Waals surface area (Å²) in [5.41, 5.74) is 2.39. The summed E-state index contributed by atoms with van der Waals surface area (Å²) in [6.45, 7) is 5.83. The number of aliphatic hydroxyl groups is 1. The summed E-state index contributed by atoms with van der Waals surface area (Å²) < 4.78 is 16.8. The van der Waals surface area contributed by atoms with Crippen molar-refractivity contribution in [2.24, 2.45) is 0 Å². The zero-order chi connectivity index (χ0) is 20.5. The number of morpholine rings is 1. The fourth-order valence-electron chi connectivity index (χ4n) is 3.51. The molecule has 0 aliphatic carbocycles. The van der Waals surface area contributed by atoms with Crippen molar-refractivity contribution in [3.8, 4) is 11.5 Å². The summed E-state index contributed by atoms with van der Waals surface area (Å²) in [4.78, 5) is 4.46. The molecule has 1 fully saturated rings. The van der Waals surface area contributed by atoms with E-state index in [2.05, 4.69) is 28.0 Å².